The third-order valence-corrected chi connectivity index (χ3v) is 12.1. The van der Waals surface area contributed by atoms with Gasteiger partial charge in [-0.25, -0.2) is 0 Å². The third kappa shape index (κ3) is 11.5. The summed E-state index contributed by atoms with van der Waals surface area (Å²) in [6.45, 7) is 8.67. The normalized spacial score (nSPS) is 16.2. The van der Waals surface area contributed by atoms with Crippen molar-refractivity contribution in [1.82, 2.24) is 0 Å². The highest BCUT2D eigenvalue weighted by Gasteiger charge is 2.33. The van der Waals surface area contributed by atoms with Crippen LogP contribution in [-0.4, -0.2) is 131 Å². The van der Waals surface area contributed by atoms with Crippen molar-refractivity contribution < 1.29 is 52.1 Å². The first-order valence-corrected chi connectivity index (χ1v) is 23.0. The van der Waals surface area contributed by atoms with Gasteiger partial charge in [-0.2, -0.15) is 0 Å². The summed E-state index contributed by atoms with van der Waals surface area (Å²) in [4.78, 5) is 0. The minimum absolute atomic E-state index is 0.238. The van der Waals surface area contributed by atoms with Crippen molar-refractivity contribution >= 4 is 64.6 Å². The molecule has 1 saturated heterocycles. The average Bonchev–Trinajstić information content (AvgIpc) is 3.34. The van der Waals surface area contributed by atoms with E-state index in [0.717, 1.165) is 5.56 Å². The van der Waals surface area contributed by atoms with Gasteiger partial charge in [0.05, 0.1) is 139 Å². The van der Waals surface area contributed by atoms with Crippen molar-refractivity contribution in [1.29, 1.82) is 0 Å². The molecule has 0 unspecified atom stereocenters. The van der Waals surface area contributed by atoms with E-state index in [9.17, 15) is 0 Å². The lowest BCUT2D eigenvalue weighted by atomic mass is 9.92. The van der Waals surface area contributed by atoms with Crippen LogP contribution in [0.15, 0.2) is 109 Å². The zero-order chi connectivity index (χ0) is 43.9. The van der Waals surface area contributed by atoms with Crippen molar-refractivity contribution in [2.45, 2.75) is 18.8 Å². The second kappa shape index (κ2) is 23.2. The molecule has 0 aliphatic carbocycles. The fourth-order valence-electron chi connectivity index (χ4n) is 8.88. The minimum Gasteiger partial charge on any atom is -0.377 e. The Labute approximate surface area is 380 Å². The van der Waals surface area contributed by atoms with E-state index in [1.165, 1.54) is 70.2 Å². The van der Waals surface area contributed by atoms with E-state index in [0.29, 0.717) is 119 Å². The molecule has 1 fully saturated rings. The molecule has 1 aliphatic heterocycles. The van der Waals surface area contributed by atoms with Crippen molar-refractivity contribution in [3.05, 3.63) is 120 Å². The summed E-state index contributed by atoms with van der Waals surface area (Å²) in [6.07, 6.45) is 0. The first kappa shape index (κ1) is 45.6. The Kier molecular flexibility index (Phi) is 16.3. The SMILES string of the molecule is c1cc2ccc3ccc(COCCOCCOCCOC4(COCCOCc5ccc6ccc7cccc8ccc5c6c78)COCCOCCOCCOCCOC4)c4ccc(c1)c2c34. The second-order valence-corrected chi connectivity index (χ2v) is 16.5. The van der Waals surface area contributed by atoms with Gasteiger partial charge in [0.15, 0.2) is 0 Å². The molecule has 0 N–H and O–H groups in total. The van der Waals surface area contributed by atoms with Gasteiger partial charge in [0.2, 0.25) is 0 Å². The fraction of sp³-hybridized carbons (Fsp3) is 0.407. The summed E-state index contributed by atoms with van der Waals surface area (Å²) in [5, 5.41) is 15.2. The van der Waals surface area contributed by atoms with Gasteiger partial charge in [0.1, 0.15) is 5.60 Å². The van der Waals surface area contributed by atoms with Gasteiger partial charge < -0.3 is 52.1 Å². The molecule has 0 aromatic heterocycles. The van der Waals surface area contributed by atoms with E-state index in [1.54, 1.807) is 0 Å². The summed E-state index contributed by atoms with van der Waals surface area (Å²) in [7, 11) is 0. The van der Waals surface area contributed by atoms with E-state index in [1.807, 2.05) is 0 Å². The van der Waals surface area contributed by atoms with E-state index in [4.69, 9.17) is 52.1 Å². The van der Waals surface area contributed by atoms with Gasteiger partial charge in [-0.15, -0.1) is 0 Å². The van der Waals surface area contributed by atoms with Gasteiger partial charge in [-0.05, 0) is 75.8 Å². The highest BCUT2D eigenvalue weighted by molar-refractivity contribution is 6.24. The molecule has 11 heteroatoms. The molecule has 0 spiro atoms. The van der Waals surface area contributed by atoms with E-state index in [-0.39, 0.29) is 19.8 Å². The molecule has 0 radical (unpaired) electrons. The van der Waals surface area contributed by atoms with Crippen molar-refractivity contribution in [3.63, 3.8) is 0 Å². The molecule has 9 rings (SSSR count). The maximum Gasteiger partial charge on any atom is 0.138 e. The van der Waals surface area contributed by atoms with Crippen LogP contribution in [0.1, 0.15) is 11.1 Å². The number of ether oxygens (including phenoxy) is 11. The lowest BCUT2D eigenvalue weighted by Gasteiger charge is -2.33. The lowest BCUT2D eigenvalue weighted by Crippen LogP contribution is -2.48. The second-order valence-electron chi connectivity index (χ2n) is 16.5. The Bertz CT molecular complexity index is 2640. The highest BCUT2D eigenvalue weighted by Crippen LogP contribution is 2.37. The van der Waals surface area contributed by atoms with Crippen molar-refractivity contribution in [3.8, 4) is 0 Å². The molecule has 0 amide bonds. The monoisotopic (exact) mass is 884 g/mol. The molecule has 8 aromatic rings. The molecule has 1 heterocycles. The Hall–Kier alpha value is -4.60. The Balaban J connectivity index is 0.723. The first-order valence-electron chi connectivity index (χ1n) is 23.0. The Morgan fingerprint density at radius 2 is 0.692 bits per heavy atom. The molecule has 0 bridgehead atoms. The Morgan fingerprint density at radius 3 is 1.15 bits per heavy atom. The van der Waals surface area contributed by atoms with Crippen LogP contribution in [-0.2, 0) is 65.3 Å². The molecule has 65 heavy (non-hydrogen) atoms. The number of rotatable bonds is 19. The number of hydrogen-bond donors (Lipinski definition) is 0. The van der Waals surface area contributed by atoms with E-state index < -0.39 is 5.60 Å². The smallest absolute Gasteiger partial charge is 0.138 e. The van der Waals surface area contributed by atoms with Crippen molar-refractivity contribution in [2.24, 2.45) is 0 Å². The van der Waals surface area contributed by atoms with Gasteiger partial charge in [-0.1, -0.05) is 109 Å². The maximum atomic E-state index is 6.52. The third-order valence-electron chi connectivity index (χ3n) is 12.1. The number of hydrogen-bond acceptors (Lipinski definition) is 11. The van der Waals surface area contributed by atoms with Crippen molar-refractivity contribution in [2.75, 3.05) is 126 Å². The van der Waals surface area contributed by atoms with E-state index >= 15 is 0 Å². The molecule has 11 nitrogen and oxygen atoms in total. The van der Waals surface area contributed by atoms with Crippen LogP contribution in [0.3, 0.4) is 0 Å². The van der Waals surface area contributed by atoms with Crippen LogP contribution in [0.25, 0.3) is 64.6 Å². The predicted octanol–water partition coefficient (Wildman–Crippen LogP) is 9.12. The molecule has 0 atom stereocenters. The largest absolute Gasteiger partial charge is 0.377 e. The van der Waals surface area contributed by atoms with Crippen LogP contribution in [0, 0.1) is 0 Å². The topological polar surface area (TPSA) is 102 Å². The van der Waals surface area contributed by atoms with Crippen LogP contribution >= 0.6 is 0 Å². The van der Waals surface area contributed by atoms with Crippen LogP contribution in [0.5, 0.6) is 0 Å². The van der Waals surface area contributed by atoms with Gasteiger partial charge in [-0.3, -0.25) is 0 Å². The zero-order valence-electron chi connectivity index (χ0n) is 37.2. The van der Waals surface area contributed by atoms with Gasteiger partial charge in [0, 0.05) is 0 Å². The molecular formula is C54H60O11. The first-order chi connectivity index (χ1) is 32.3. The molecule has 1 aliphatic rings. The Morgan fingerprint density at radius 1 is 0.338 bits per heavy atom. The molecule has 0 saturated carbocycles. The maximum absolute atomic E-state index is 6.52. The van der Waals surface area contributed by atoms with Gasteiger partial charge >= 0.3 is 0 Å². The standard InChI is InChI=1S/C54H60O11/c1-3-40-7-9-44-11-13-46(48-17-15-42(5-1)50(40)52(44)48)35-60-28-25-56-23-24-59-33-34-65-54(37-62-30-26-57-21-19-55-20-22-58-27-31-63-38-54)39-64-32-29-61-36-47-14-12-45-10-8-41-4-2-6-43-16-18-49(47)53(45)51(41)43/h1-18H,19-39H2. The zero-order valence-corrected chi connectivity index (χ0v) is 37.2. The van der Waals surface area contributed by atoms with Gasteiger partial charge in [0.25, 0.3) is 0 Å². The quantitative estimate of drug-likeness (QED) is 0.0575. The fourth-order valence-corrected chi connectivity index (χ4v) is 8.88. The molecule has 342 valence electrons. The summed E-state index contributed by atoms with van der Waals surface area (Å²) >= 11 is 0. The summed E-state index contributed by atoms with van der Waals surface area (Å²) < 4.78 is 66.0. The summed E-state index contributed by atoms with van der Waals surface area (Å²) in [5.74, 6) is 0. The predicted molar refractivity (Wildman–Crippen MR) is 255 cm³/mol. The van der Waals surface area contributed by atoms with Crippen LogP contribution in [0.2, 0.25) is 0 Å². The molecule has 8 aromatic carbocycles. The average molecular weight is 885 g/mol. The summed E-state index contributed by atoms with van der Waals surface area (Å²) in [5.41, 5.74) is 1.44. The van der Waals surface area contributed by atoms with Crippen LogP contribution < -0.4 is 0 Å². The van der Waals surface area contributed by atoms with E-state index in [2.05, 4.69) is 109 Å². The molecular weight excluding hydrogens is 825 g/mol. The van der Waals surface area contributed by atoms with Crippen LogP contribution in [0.4, 0.5) is 0 Å². The number of benzene rings is 8. The summed E-state index contributed by atoms with van der Waals surface area (Å²) in [6, 6.07) is 39.3. The lowest BCUT2D eigenvalue weighted by molar-refractivity contribution is -0.179. The minimum atomic E-state index is -0.891. The highest BCUT2D eigenvalue weighted by atomic mass is 16.6.